The maximum atomic E-state index is 13.0. The molecule has 0 bridgehead atoms. The Morgan fingerprint density at radius 3 is 2.62 bits per heavy atom. The lowest BCUT2D eigenvalue weighted by atomic mass is 10.2. The number of thioether (sulfide) groups is 1. The van der Waals surface area contributed by atoms with E-state index in [1.165, 1.54) is 0 Å². The number of para-hydroxylation sites is 1. The summed E-state index contributed by atoms with van der Waals surface area (Å²) in [5.74, 6) is 0.234. The first-order chi connectivity index (χ1) is 13.8. The Labute approximate surface area is 171 Å². The van der Waals surface area contributed by atoms with Crippen LogP contribution in [-0.2, 0) is 4.79 Å². The van der Waals surface area contributed by atoms with Crippen molar-refractivity contribution in [2.75, 3.05) is 17.6 Å². The zero-order valence-corrected chi connectivity index (χ0v) is 16.9. The molecule has 1 amide bonds. The predicted molar refractivity (Wildman–Crippen MR) is 107 cm³/mol. The van der Waals surface area contributed by atoms with Crippen molar-refractivity contribution in [3.8, 4) is 0 Å². The van der Waals surface area contributed by atoms with E-state index in [0.29, 0.717) is 17.0 Å². The van der Waals surface area contributed by atoms with Crippen LogP contribution in [-0.4, -0.2) is 51.3 Å². The molecule has 0 radical (unpaired) electrons. The Bertz CT molecular complexity index is 899. The molecule has 0 aliphatic heterocycles. The first-order valence-electron chi connectivity index (χ1n) is 9.82. The molecule has 2 saturated carbocycles. The topological polar surface area (TPSA) is 58.1 Å². The van der Waals surface area contributed by atoms with Crippen molar-refractivity contribution in [3.63, 3.8) is 0 Å². The summed E-state index contributed by atoms with van der Waals surface area (Å²) >= 11 is 1.09. The van der Waals surface area contributed by atoms with Gasteiger partial charge in [-0.3, -0.25) is 4.79 Å². The number of carbonyl (C=O) groups excluding carboxylic acids is 1. The van der Waals surface area contributed by atoms with Gasteiger partial charge >= 0.3 is 6.18 Å². The summed E-state index contributed by atoms with van der Waals surface area (Å²) in [5, 5.41) is 4.67. The number of nitrogens with one attached hydrogen (secondary N) is 1. The van der Waals surface area contributed by atoms with Gasteiger partial charge in [0.2, 0.25) is 5.91 Å². The molecular weight excluding hydrogens is 401 g/mol. The first-order valence-corrected chi connectivity index (χ1v) is 10.8. The predicted octanol–water partition coefficient (Wildman–Crippen LogP) is 4.49. The average molecular weight is 424 g/mol. The number of anilines is 1. The number of fused-ring (bicyclic) bond motifs is 1. The minimum absolute atomic E-state index is 0.117. The molecule has 2 aliphatic carbocycles. The van der Waals surface area contributed by atoms with Crippen molar-refractivity contribution in [2.45, 2.75) is 56.0 Å². The number of carbonyl (C=O) groups is 1. The van der Waals surface area contributed by atoms with Crippen LogP contribution in [0.5, 0.6) is 0 Å². The second-order valence-corrected chi connectivity index (χ2v) is 8.74. The van der Waals surface area contributed by atoms with Crippen LogP contribution in [0.2, 0.25) is 0 Å². The van der Waals surface area contributed by atoms with Crippen LogP contribution >= 0.6 is 11.8 Å². The third kappa shape index (κ3) is 5.32. The minimum atomic E-state index is -4.41. The Balaban J connectivity index is 1.49. The van der Waals surface area contributed by atoms with Crippen LogP contribution in [0.1, 0.15) is 32.6 Å². The van der Waals surface area contributed by atoms with E-state index >= 15 is 0 Å². The largest absolute Gasteiger partial charge is 0.406 e. The van der Waals surface area contributed by atoms with Crippen molar-refractivity contribution in [1.82, 2.24) is 14.9 Å². The van der Waals surface area contributed by atoms with E-state index in [4.69, 9.17) is 0 Å². The smallest absolute Gasteiger partial charge is 0.367 e. The molecule has 2 fully saturated rings. The summed E-state index contributed by atoms with van der Waals surface area (Å²) in [6, 6.07) is 7.57. The standard InChI is InChI=1S/C20H23F3N4OS/c1-12(13-6-7-13)27(11-20(21,22)23)17(28)10-29-19-25-16-5-3-2-4-15(16)18(26-19)24-14-8-9-14/h2-5,12-14H,6-11H2,1H3,(H,24,25,26). The van der Waals surface area contributed by atoms with Crippen LogP contribution in [0.3, 0.4) is 0 Å². The van der Waals surface area contributed by atoms with Crippen LogP contribution in [0.25, 0.3) is 10.9 Å². The number of alkyl halides is 3. The van der Waals surface area contributed by atoms with E-state index in [1.807, 2.05) is 24.3 Å². The quantitative estimate of drug-likeness (QED) is 0.500. The summed E-state index contributed by atoms with van der Waals surface area (Å²) in [6.07, 6.45) is -0.486. The molecule has 1 N–H and O–H groups in total. The van der Waals surface area contributed by atoms with Crippen LogP contribution in [0.15, 0.2) is 29.4 Å². The summed E-state index contributed by atoms with van der Waals surface area (Å²) in [6.45, 7) is 0.493. The molecule has 156 valence electrons. The highest BCUT2D eigenvalue weighted by molar-refractivity contribution is 7.99. The zero-order chi connectivity index (χ0) is 20.6. The molecule has 4 rings (SSSR count). The lowest BCUT2D eigenvalue weighted by Gasteiger charge is -2.30. The molecule has 1 heterocycles. The molecule has 5 nitrogen and oxygen atoms in total. The van der Waals surface area contributed by atoms with E-state index in [2.05, 4.69) is 15.3 Å². The lowest BCUT2D eigenvalue weighted by Crippen LogP contribution is -2.46. The molecule has 0 spiro atoms. The second-order valence-electron chi connectivity index (χ2n) is 7.79. The van der Waals surface area contributed by atoms with E-state index in [9.17, 15) is 18.0 Å². The summed E-state index contributed by atoms with van der Waals surface area (Å²) < 4.78 is 39.0. The van der Waals surface area contributed by atoms with Crippen molar-refractivity contribution >= 4 is 34.4 Å². The number of hydrogen-bond donors (Lipinski definition) is 1. The highest BCUT2D eigenvalue weighted by Gasteiger charge is 2.40. The number of aromatic nitrogens is 2. The molecule has 2 aliphatic rings. The maximum Gasteiger partial charge on any atom is 0.406 e. The molecule has 29 heavy (non-hydrogen) atoms. The molecule has 1 aromatic carbocycles. The number of amides is 1. The maximum absolute atomic E-state index is 13.0. The third-order valence-electron chi connectivity index (χ3n) is 5.29. The van der Waals surface area contributed by atoms with Gasteiger partial charge in [0.15, 0.2) is 5.16 Å². The number of rotatable bonds is 8. The fourth-order valence-electron chi connectivity index (χ4n) is 3.35. The van der Waals surface area contributed by atoms with Gasteiger partial charge in [0.25, 0.3) is 0 Å². The fraction of sp³-hybridized carbons (Fsp3) is 0.550. The zero-order valence-electron chi connectivity index (χ0n) is 16.1. The number of nitrogens with zero attached hydrogens (tertiary/aromatic N) is 3. The van der Waals surface area contributed by atoms with Gasteiger partial charge in [-0.05, 0) is 50.7 Å². The van der Waals surface area contributed by atoms with Crippen molar-refractivity contribution in [1.29, 1.82) is 0 Å². The van der Waals surface area contributed by atoms with Crippen LogP contribution < -0.4 is 5.32 Å². The molecule has 9 heteroatoms. The van der Waals surface area contributed by atoms with E-state index in [0.717, 1.165) is 53.2 Å². The van der Waals surface area contributed by atoms with E-state index < -0.39 is 24.7 Å². The Kier molecular flexibility index (Phi) is 5.59. The van der Waals surface area contributed by atoms with E-state index in [-0.39, 0.29) is 11.7 Å². The average Bonchev–Trinajstić information content (AvgIpc) is 3.57. The van der Waals surface area contributed by atoms with Gasteiger partial charge in [-0.15, -0.1) is 0 Å². The monoisotopic (exact) mass is 424 g/mol. The Morgan fingerprint density at radius 1 is 1.24 bits per heavy atom. The van der Waals surface area contributed by atoms with E-state index in [1.54, 1.807) is 6.92 Å². The van der Waals surface area contributed by atoms with Gasteiger partial charge in [-0.1, -0.05) is 23.9 Å². The van der Waals surface area contributed by atoms with Gasteiger partial charge in [0, 0.05) is 17.5 Å². The normalized spacial score (nSPS) is 17.9. The Morgan fingerprint density at radius 2 is 1.97 bits per heavy atom. The van der Waals surface area contributed by atoms with Crippen molar-refractivity contribution in [3.05, 3.63) is 24.3 Å². The Hall–Kier alpha value is -2.03. The minimum Gasteiger partial charge on any atom is -0.367 e. The van der Waals surface area contributed by atoms with Gasteiger partial charge in [-0.25, -0.2) is 9.97 Å². The second kappa shape index (κ2) is 8.01. The molecule has 2 aromatic rings. The first kappa shape index (κ1) is 20.3. The summed E-state index contributed by atoms with van der Waals surface area (Å²) in [5.41, 5.74) is 0.749. The van der Waals surface area contributed by atoms with Gasteiger partial charge in [0.1, 0.15) is 12.4 Å². The van der Waals surface area contributed by atoms with Crippen molar-refractivity contribution < 1.29 is 18.0 Å². The van der Waals surface area contributed by atoms with Crippen LogP contribution in [0, 0.1) is 5.92 Å². The number of benzene rings is 1. The number of halogens is 3. The van der Waals surface area contributed by atoms with Gasteiger partial charge in [0.05, 0.1) is 11.3 Å². The van der Waals surface area contributed by atoms with Crippen LogP contribution in [0.4, 0.5) is 19.0 Å². The van der Waals surface area contributed by atoms with Crippen molar-refractivity contribution in [2.24, 2.45) is 5.92 Å². The highest BCUT2D eigenvalue weighted by Crippen LogP contribution is 2.36. The van der Waals surface area contributed by atoms with Gasteiger partial charge < -0.3 is 10.2 Å². The van der Waals surface area contributed by atoms with Gasteiger partial charge in [-0.2, -0.15) is 13.2 Å². The molecule has 1 aromatic heterocycles. The number of hydrogen-bond acceptors (Lipinski definition) is 5. The summed E-state index contributed by atoms with van der Waals surface area (Å²) in [4.78, 5) is 22.6. The SMILES string of the molecule is CC(C1CC1)N(CC(F)(F)F)C(=O)CSc1nc(NC2CC2)c2ccccc2n1. The molecule has 1 unspecified atom stereocenters. The molecular formula is C20H23F3N4OS. The highest BCUT2D eigenvalue weighted by atomic mass is 32.2. The third-order valence-corrected chi connectivity index (χ3v) is 6.12. The molecule has 0 saturated heterocycles. The lowest BCUT2D eigenvalue weighted by molar-refractivity contribution is -0.164. The summed E-state index contributed by atoms with van der Waals surface area (Å²) in [7, 11) is 0. The fourth-order valence-corrected chi connectivity index (χ4v) is 4.08. The molecule has 1 atom stereocenters.